The molecule has 118 valence electrons. The topological polar surface area (TPSA) is 63.0 Å². The van der Waals surface area contributed by atoms with Gasteiger partial charge in [-0.3, -0.25) is 0 Å². The van der Waals surface area contributed by atoms with Crippen LogP contribution in [0.2, 0.25) is 0 Å². The molecule has 0 spiro atoms. The highest BCUT2D eigenvalue weighted by molar-refractivity contribution is 8.23. The van der Waals surface area contributed by atoms with Gasteiger partial charge in [0.2, 0.25) is 0 Å². The first-order chi connectivity index (χ1) is 10.4. The fourth-order valence-electron chi connectivity index (χ4n) is 1.91. The number of nitrogens with zero attached hydrogens (tertiary/aromatic N) is 3. The van der Waals surface area contributed by atoms with Gasteiger partial charge in [-0.2, -0.15) is 5.10 Å². The number of aromatic nitrogens is 3. The summed E-state index contributed by atoms with van der Waals surface area (Å²) in [5, 5.41) is 17.6. The van der Waals surface area contributed by atoms with E-state index in [0.29, 0.717) is 4.32 Å². The van der Waals surface area contributed by atoms with E-state index in [-0.39, 0.29) is 17.9 Å². The molecule has 0 aliphatic heterocycles. The van der Waals surface area contributed by atoms with Crippen molar-refractivity contribution >= 4 is 28.3 Å². The summed E-state index contributed by atoms with van der Waals surface area (Å²) in [5.74, 6) is -1.45. The minimum Gasteiger partial charge on any atom is -0.382 e. The molecule has 1 atom stereocenters. The molecule has 0 bridgehead atoms. The number of aliphatic hydroxyl groups is 1. The van der Waals surface area contributed by atoms with Crippen LogP contribution in [0.3, 0.4) is 0 Å². The van der Waals surface area contributed by atoms with Gasteiger partial charge in [-0.15, -0.1) is 0 Å². The summed E-state index contributed by atoms with van der Waals surface area (Å²) in [6.07, 6.45) is 2.72. The Morgan fingerprint density at radius 3 is 2.86 bits per heavy atom. The Labute approximate surface area is 135 Å². The van der Waals surface area contributed by atoms with Gasteiger partial charge in [-0.25, -0.2) is 18.4 Å². The molecule has 1 aromatic heterocycles. The monoisotopic (exact) mass is 344 g/mol. The number of nitrogens with one attached hydrogen (secondary N) is 1. The molecule has 5 nitrogen and oxygen atoms in total. The number of rotatable bonds is 5. The van der Waals surface area contributed by atoms with E-state index in [2.05, 4.69) is 15.4 Å². The van der Waals surface area contributed by atoms with E-state index in [1.807, 2.05) is 0 Å². The minimum absolute atomic E-state index is 0.0178. The van der Waals surface area contributed by atoms with E-state index in [0.717, 1.165) is 23.9 Å². The van der Waals surface area contributed by atoms with Crippen molar-refractivity contribution in [2.24, 2.45) is 0 Å². The molecular formula is C13H14F2N4OS2. The smallest absolute Gasteiger partial charge is 0.137 e. The molecule has 0 radical (unpaired) electrons. The molecule has 0 fully saturated rings. The Morgan fingerprint density at radius 2 is 2.27 bits per heavy atom. The molecule has 0 saturated heterocycles. The van der Waals surface area contributed by atoms with Gasteiger partial charge in [0.15, 0.2) is 0 Å². The van der Waals surface area contributed by atoms with E-state index in [9.17, 15) is 13.9 Å². The minimum atomic E-state index is -1.61. The lowest BCUT2D eigenvalue weighted by molar-refractivity contribution is 0.0362. The van der Waals surface area contributed by atoms with E-state index in [1.165, 1.54) is 23.4 Å². The largest absolute Gasteiger partial charge is 0.382 e. The van der Waals surface area contributed by atoms with Crippen molar-refractivity contribution in [2.75, 3.05) is 12.8 Å². The average Bonchev–Trinajstić information content (AvgIpc) is 2.97. The Bertz CT molecular complexity index is 653. The maximum absolute atomic E-state index is 14.1. The lowest BCUT2D eigenvalue weighted by atomic mass is 9.95. The predicted molar refractivity (Wildman–Crippen MR) is 84.4 cm³/mol. The lowest BCUT2D eigenvalue weighted by Crippen LogP contribution is -2.36. The SMILES string of the molecule is CNC(=S)SCC(O)(Cn1cncn1)c1ccc(F)cc1F. The molecule has 9 heteroatoms. The van der Waals surface area contributed by atoms with Crippen LogP contribution in [0.25, 0.3) is 0 Å². The van der Waals surface area contributed by atoms with Crippen LogP contribution in [0, 0.1) is 11.6 Å². The van der Waals surface area contributed by atoms with Crippen LogP contribution < -0.4 is 5.32 Å². The van der Waals surface area contributed by atoms with Gasteiger partial charge in [-0.05, 0) is 6.07 Å². The van der Waals surface area contributed by atoms with Crippen LogP contribution in [-0.2, 0) is 12.1 Å². The normalized spacial score (nSPS) is 13.6. The second kappa shape index (κ2) is 7.12. The van der Waals surface area contributed by atoms with Gasteiger partial charge in [0.25, 0.3) is 0 Å². The van der Waals surface area contributed by atoms with Gasteiger partial charge >= 0.3 is 0 Å². The quantitative estimate of drug-likeness (QED) is 0.805. The zero-order valence-electron chi connectivity index (χ0n) is 11.7. The van der Waals surface area contributed by atoms with Crippen LogP contribution in [0.1, 0.15) is 5.56 Å². The van der Waals surface area contributed by atoms with E-state index in [1.54, 1.807) is 7.05 Å². The molecule has 2 N–H and O–H groups in total. The van der Waals surface area contributed by atoms with Gasteiger partial charge in [-0.1, -0.05) is 30.0 Å². The van der Waals surface area contributed by atoms with Gasteiger partial charge in [0.05, 0.1) is 6.54 Å². The molecule has 0 saturated carbocycles. The fourth-order valence-corrected chi connectivity index (χ4v) is 2.85. The first kappa shape index (κ1) is 16.8. The second-order valence-electron chi connectivity index (χ2n) is 4.57. The van der Waals surface area contributed by atoms with Crippen molar-refractivity contribution in [3.8, 4) is 0 Å². The zero-order chi connectivity index (χ0) is 16.2. The standard InChI is InChI=1S/C13H14F2N4OS2/c1-16-12(21)22-6-13(20,5-19-8-17-7-18-19)10-3-2-9(14)4-11(10)15/h2-4,7-8,20H,5-6H2,1H3,(H,16,21). The van der Waals surface area contributed by atoms with Gasteiger partial charge in [0, 0.05) is 24.4 Å². The van der Waals surface area contributed by atoms with E-state index in [4.69, 9.17) is 12.2 Å². The number of hydrogen-bond acceptors (Lipinski definition) is 5. The van der Waals surface area contributed by atoms with Crippen molar-refractivity contribution in [1.82, 2.24) is 20.1 Å². The molecule has 1 unspecified atom stereocenters. The fraction of sp³-hybridized carbons (Fsp3) is 0.308. The summed E-state index contributed by atoms with van der Waals surface area (Å²) in [6.45, 7) is -0.0329. The Morgan fingerprint density at radius 1 is 1.50 bits per heavy atom. The summed E-state index contributed by atoms with van der Waals surface area (Å²) < 4.78 is 29.0. The van der Waals surface area contributed by atoms with Crippen LogP contribution in [0.4, 0.5) is 8.78 Å². The summed E-state index contributed by atoms with van der Waals surface area (Å²) in [7, 11) is 1.66. The average molecular weight is 344 g/mol. The van der Waals surface area contributed by atoms with Gasteiger partial charge in [0.1, 0.15) is 34.2 Å². The third kappa shape index (κ3) is 3.99. The van der Waals surface area contributed by atoms with Crippen molar-refractivity contribution in [1.29, 1.82) is 0 Å². The summed E-state index contributed by atoms with van der Waals surface area (Å²) in [6, 6.07) is 3.07. The third-order valence-electron chi connectivity index (χ3n) is 2.97. The number of thioether (sulfide) groups is 1. The molecule has 2 rings (SSSR count). The Kier molecular flexibility index (Phi) is 5.43. The Hall–Kier alpha value is -1.58. The van der Waals surface area contributed by atoms with Crippen LogP contribution in [0.5, 0.6) is 0 Å². The highest BCUT2D eigenvalue weighted by atomic mass is 32.2. The maximum Gasteiger partial charge on any atom is 0.137 e. The van der Waals surface area contributed by atoms with E-state index < -0.39 is 17.2 Å². The van der Waals surface area contributed by atoms with Crippen LogP contribution >= 0.6 is 24.0 Å². The van der Waals surface area contributed by atoms with Crippen molar-refractivity contribution in [2.45, 2.75) is 12.1 Å². The number of thiocarbonyl (C=S) groups is 1. The van der Waals surface area contributed by atoms with Crippen molar-refractivity contribution in [3.63, 3.8) is 0 Å². The Balaban J connectivity index is 2.32. The highest BCUT2D eigenvalue weighted by Crippen LogP contribution is 2.30. The van der Waals surface area contributed by atoms with Crippen LogP contribution in [0.15, 0.2) is 30.9 Å². The predicted octanol–water partition coefficient (Wildman–Crippen LogP) is 1.68. The summed E-state index contributed by atoms with van der Waals surface area (Å²) in [4.78, 5) is 3.79. The zero-order valence-corrected chi connectivity index (χ0v) is 13.3. The van der Waals surface area contributed by atoms with Crippen molar-refractivity contribution < 1.29 is 13.9 Å². The molecule has 1 heterocycles. The lowest BCUT2D eigenvalue weighted by Gasteiger charge is -2.28. The summed E-state index contributed by atoms with van der Waals surface area (Å²) >= 11 is 6.19. The maximum atomic E-state index is 14.1. The summed E-state index contributed by atoms with van der Waals surface area (Å²) in [5.41, 5.74) is -1.63. The van der Waals surface area contributed by atoms with Gasteiger partial charge < -0.3 is 10.4 Å². The number of halogens is 2. The second-order valence-corrected chi connectivity index (χ2v) is 6.23. The molecular weight excluding hydrogens is 330 g/mol. The molecule has 22 heavy (non-hydrogen) atoms. The third-order valence-corrected chi connectivity index (χ3v) is 4.61. The number of benzene rings is 1. The molecule has 0 aliphatic carbocycles. The molecule has 2 aromatic rings. The first-order valence-electron chi connectivity index (χ1n) is 6.29. The first-order valence-corrected chi connectivity index (χ1v) is 7.69. The highest BCUT2D eigenvalue weighted by Gasteiger charge is 2.34. The molecule has 1 aromatic carbocycles. The van der Waals surface area contributed by atoms with Crippen LogP contribution in [-0.4, -0.2) is 37.0 Å². The van der Waals surface area contributed by atoms with Crippen molar-refractivity contribution in [3.05, 3.63) is 48.1 Å². The molecule has 0 amide bonds. The van der Waals surface area contributed by atoms with E-state index >= 15 is 0 Å². The molecule has 0 aliphatic rings. The number of hydrogen-bond donors (Lipinski definition) is 2.